The third-order valence-electron chi connectivity index (χ3n) is 11.7. The minimum Gasteiger partial charge on any atom is -0.390 e. The number of likely N-dealkylation sites (tertiary alicyclic amines) is 1. The summed E-state index contributed by atoms with van der Waals surface area (Å²) in [6, 6.07) is 8.62. The van der Waals surface area contributed by atoms with Crippen LogP contribution >= 0.6 is 0 Å². The van der Waals surface area contributed by atoms with Crippen molar-refractivity contribution >= 4 is 10.8 Å². The van der Waals surface area contributed by atoms with Gasteiger partial charge in [0.1, 0.15) is 17.8 Å². The van der Waals surface area contributed by atoms with E-state index in [1.165, 1.54) is 11.1 Å². The van der Waals surface area contributed by atoms with Crippen LogP contribution in [-0.4, -0.2) is 74.8 Å². The fraction of sp³-hybridized carbons (Fsp3) is 0.581. The molecular weight excluding hydrogens is 478 g/mol. The summed E-state index contributed by atoms with van der Waals surface area (Å²) < 4.78 is 13.7. The molecule has 0 amide bonds. The van der Waals surface area contributed by atoms with Crippen molar-refractivity contribution in [1.29, 1.82) is 0 Å². The van der Waals surface area contributed by atoms with Gasteiger partial charge in [-0.3, -0.25) is 9.88 Å². The summed E-state index contributed by atoms with van der Waals surface area (Å²) in [4.78, 5) is 6.77. The number of pyridine rings is 1. The van der Waals surface area contributed by atoms with Crippen LogP contribution < -0.4 is 5.73 Å². The zero-order chi connectivity index (χ0) is 25.7. The van der Waals surface area contributed by atoms with E-state index in [1.54, 1.807) is 6.20 Å². The lowest BCUT2D eigenvalue weighted by atomic mass is 9.56. The van der Waals surface area contributed by atoms with E-state index in [0.717, 1.165) is 48.7 Å². The Morgan fingerprint density at radius 2 is 2.03 bits per heavy atom. The number of ether oxygens (including phenoxy) is 2. The molecular formula is C31H35N3O4. The van der Waals surface area contributed by atoms with Crippen molar-refractivity contribution in [2.75, 3.05) is 13.1 Å². The Kier molecular flexibility index (Phi) is 4.14. The number of fused-ring (bicyclic) bond motifs is 4. The lowest BCUT2D eigenvalue weighted by Crippen LogP contribution is -2.64. The number of allylic oxidation sites excluding steroid dienone is 1. The van der Waals surface area contributed by atoms with Crippen molar-refractivity contribution in [2.24, 2.45) is 17.1 Å². The molecule has 4 N–H and O–H groups in total. The molecule has 1 aromatic carbocycles. The van der Waals surface area contributed by atoms with Gasteiger partial charge in [-0.25, -0.2) is 0 Å². The normalized spacial score (nSPS) is 48.9. The van der Waals surface area contributed by atoms with Gasteiger partial charge in [-0.05, 0) is 66.3 Å². The molecule has 198 valence electrons. The highest BCUT2D eigenvalue weighted by Crippen LogP contribution is 2.71. The summed E-state index contributed by atoms with van der Waals surface area (Å²) >= 11 is 0. The Morgan fingerprint density at radius 3 is 2.87 bits per heavy atom. The van der Waals surface area contributed by atoms with Crippen LogP contribution in [0.3, 0.4) is 0 Å². The molecule has 4 aliphatic heterocycles. The number of epoxide rings is 1. The molecule has 5 heterocycles. The largest absolute Gasteiger partial charge is 0.390 e. The van der Waals surface area contributed by atoms with Gasteiger partial charge in [0.25, 0.3) is 0 Å². The molecule has 7 heteroatoms. The summed E-state index contributed by atoms with van der Waals surface area (Å²) in [7, 11) is 0. The second-order valence-electron chi connectivity index (χ2n) is 13.4. The molecule has 2 bridgehead atoms. The van der Waals surface area contributed by atoms with E-state index in [9.17, 15) is 10.2 Å². The van der Waals surface area contributed by atoms with Gasteiger partial charge in [0.15, 0.2) is 0 Å². The van der Waals surface area contributed by atoms with Gasteiger partial charge in [0, 0.05) is 54.3 Å². The van der Waals surface area contributed by atoms with E-state index in [0.29, 0.717) is 18.9 Å². The Labute approximate surface area is 222 Å². The number of hydrogen-bond acceptors (Lipinski definition) is 7. The predicted molar refractivity (Wildman–Crippen MR) is 141 cm³/mol. The van der Waals surface area contributed by atoms with Crippen LogP contribution in [-0.2, 0) is 15.1 Å². The highest BCUT2D eigenvalue weighted by atomic mass is 16.6. The van der Waals surface area contributed by atoms with Crippen molar-refractivity contribution in [1.82, 2.24) is 9.88 Å². The van der Waals surface area contributed by atoms with Gasteiger partial charge in [0.2, 0.25) is 0 Å². The molecule has 7 nitrogen and oxygen atoms in total. The number of hydrogen-bond donors (Lipinski definition) is 3. The molecule has 3 aliphatic carbocycles. The van der Waals surface area contributed by atoms with Crippen LogP contribution in [0.1, 0.15) is 44.6 Å². The van der Waals surface area contributed by atoms with Crippen LogP contribution in [0.5, 0.6) is 0 Å². The third kappa shape index (κ3) is 2.50. The van der Waals surface area contributed by atoms with Crippen molar-refractivity contribution in [3.05, 3.63) is 65.5 Å². The lowest BCUT2D eigenvalue weighted by Gasteiger charge is -2.56. The Bertz CT molecular complexity index is 1450. The lowest BCUT2D eigenvalue weighted by molar-refractivity contribution is -0.175. The molecule has 7 aliphatic rings. The molecule has 9 atom stereocenters. The fourth-order valence-corrected chi connectivity index (χ4v) is 9.69. The van der Waals surface area contributed by atoms with Crippen LogP contribution in [0.2, 0.25) is 0 Å². The zero-order valence-corrected chi connectivity index (χ0v) is 21.7. The van der Waals surface area contributed by atoms with Gasteiger partial charge < -0.3 is 25.4 Å². The van der Waals surface area contributed by atoms with Crippen molar-refractivity contribution in [2.45, 2.75) is 86.2 Å². The molecule has 2 spiro atoms. The first kappa shape index (κ1) is 22.7. The summed E-state index contributed by atoms with van der Waals surface area (Å²) in [5, 5.41) is 26.2. The topological polar surface area (TPSA) is 104 Å². The molecule has 38 heavy (non-hydrogen) atoms. The van der Waals surface area contributed by atoms with Crippen LogP contribution in [0, 0.1) is 11.3 Å². The maximum atomic E-state index is 12.5. The van der Waals surface area contributed by atoms with E-state index < -0.39 is 22.7 Å². The highest BCUT2D eigenvalue weighted by molar-refractivity contribution is 5.82. The van der Waals surface area contributed by atoms with Crippen LogP contribution in [0.15, 0.2) is 60.0 Å². The molecule has 9 rings (SSSR count). The number of aliphatic hydroxyl groups is 2. The molecule has 5 fully saturated rings. The standard InChI is InChI=1S/C31H35N3O4/c1-28-6-4-19-11-22-26-27(37-26)23(34-15-21(32)16-34)13-29(22)7-8-30(19,38-29)24(28)12-25(35)31(28,36)20-3-2-17-5-9-33-14-18(17)10-20/h2-5,9-11,14,21,23-27,35-36H,6-8,12-13,15-16,32H2,1H3/t23-,24+,25+,26+,27?,28-,29+,30?,31+/m0/s1. The smallest absolute Gasteiger partial charge is 0.121 e. The van der Waals surface area contributed by atoms with Crippen molar-refractivity contribution in [3.63, 3.8) is 0 Å². The van der Waals surface area contributed by atoms with E-state index in [2.05, 4.69) is 29.0 Å². The van der Waals surface area contributed by atoms with E-state index in [-0.39, 0.29) is 29.8 Å². The Balaban J connectivity index is 1.13. The molecule has 2 aromatic rings. The Morgan fingerprint density at radius 1 is 1.16 bits per heavy atom. The Hall–Kier alpha value is -2.13. The maximum Gasteiger partial charge on any atom is 0.121 e. The number of nitrogens with two attached hydrogens (primary N) is 1. The van der Waals surface area contributed by atoms with E-state index in [1.807, 2.05) is 30.5 Å². The zero-order valence-electron chi connectivity index (χ0n) is 21.7. The van der Waals surface area contributed by atoms with Crippen molar-refractivity contribution in [3.8, 4) is 0 Å². The average Bonchev–Trinajstić information content (AvgIpc) is 3.60. The number of nitrogens with zero attached hydrogens (tertiary/aromatic N) is 2. The molecule has 1 aromatic heterocycles. The van der Waals surface area contributed by atoms with Crippen molar-refractivity contribution < 1.29 is 19.7 Å². The monoisotopic (exact) mass is 513 g/mol. The SMILES string of the molecule is C[C@]12CC=C3C=C4[C@H]5OC5[C@@H](N5CC(N)C5)C[C@]45CCC3(O5)[C@@H]1C[C@@H](O)[C@]2(O)c1ccc2ccncc2c1. The molecule has 0 radical (unpaired) electrons. The van der Waals surface area contributed by atoms with Crippen LogP contribution in [0.4, 0.5) is 0 Å². The number of benzene rings is 1. The summed E-state index contributed by atoms with van der Waals surface area (Å²) in [6.45, 7) is 4.04. The van der Waals surface area contributed by atoms with E-state index >= 15 is 0 Å². The minimum absolute atomic E-state index is 0.00509. The number of aromatic nitrogens is 1. The van der Waals surface area contributed by atoms with Gasteiger partial charge in [-0.2, -0.15) is 0 Å². The van der Waals surface area contributed by atoms with Gasteiger partial charge in [-0.15, -0.1) is 0 Å². The van der Waals surface area contributed by atoms with Gasteiger partial charge in [0.05, 0.1) is 17.3 Å². The first-order valence-corrected chi connectivity index (χ1v) is 14.3. The first-order chi connectivity index (χ1) is 18.3. The average molecular weight is 514 g/mol. The maximum absolute atomic E-state index is 12.5. The summed E-state index contributed by atoms with van der Waals surface area (Å²) in [5.41, 5.74) is 6.70. The molecule has 2 unspecified atom stereocenters. The molecule has 2 saturated carbocycles. The van der Waals surface area contributed by atoms with Gasteiger partial charge in [-0.1, -0.05) is 31.2 Å². The second kappa shape index (κ2) is 6.95. The highest BCUT2D eigenvalue weighted by Gasteiger charge is 2.75. The first-order valence-electron chi connectivity index (χ1n) is 14.3. The predicted octanol–water partition coefficient (Wildman–Crippen LogP) is 2.55. The minimum atomic E-state index is -1.38. The van der Waals surface area contributed by atoms with Gasteiger partial charge >= 0.3 is 0 Å². The molecule has 3 saturated heterocycles. The van der Waals surface area contributed by atoms with E-state index in [4.69, 9.17) is 15.2 Å². The fourth-order valence-electron chi connectivity index (χ4n) is 9.69. The number of rotatable bonds is 2. The van der Waals surface area contributed by atoms with Crippen LogP contribution in [0.25, 0.3) is 10.8 Å². The third-order valence-corrected chi connectivity index (χ3v) is 11.7. The second-order valence-corrected chi connectivity index (χ2v) is 13.4. The quantitative estimate of drug-likeness (QED) is 0.530. The summed E-state index contributed by atoms with van der Waals surface area (Å²) in [6.07, 6.45) is 11.8. The summed E-state index contributed by atoms with van der Waals surface area (Å²) in [5.74, 6) is 0.00509. The number of aliphatic hydroxyl groups excluding tert-OH is 1.